The van der Waals surface area contributed by atoms with Crippen LogP contribution in [0.5, 0.6) is 0 Å². The first-order chi connectivity index (χ1) is 13.2. The number of hydrogen-bond donors (Lipinski definition) is 0. The average Bonchev–Trinajstić information content (AvgIpc) is 2.56. The fourth-order valence-electron chi connectivity index (χ4n) is 3.47. The number of carbonyl (C=O) groups excluding carboxylic acids is 2. The maximum atomic E-state index is 12.0. The van der Waals surface area contributed by atoms with Crippen molar-refractivity contribution >= 4 is 11.9 Å². The largest absolute Gasteiger partial charge is 1.00 e. The van der Waals surface area contributed by atoms with Gasteiger partial charge in [0.15, 0.2) is 6.10 Å². The Kier molecular flexibility index (Phi) is 20.1. The zero-order valence-electron chi connectivity index (χ0n) is 19.3. The van der Waals surface area contributed by atoms with Crippen LogP contribution in [0, 0.1) is 0 Å². The first-order valence-corrected chi connectivity index (χ1v) is 11.4. The van der Waals surface area contributed by atoms with Gasteiger partial charge in [-0.25, -0.2) is 0 Å². The highest BCUT2D eigenvalue weighted by atomic mass is 35.5. The molecule has 0 amide bonds. The van der Waals surface area contributed by atoms with Crippen LogP contribution in [0.4, 0.5) is 0 Å². The molecule has 5 nitrogen and oxygen atoms in total. The lowest BCUT2D eigenvalue weighted by atomic mass is 10.0. The molecule has 0 radical (unpaired) electrons. The molecule has 29 heavy (non-hydrogen) atoms. The van der Waals surface area contributed by atoms with E-state index in [1.165, 1.54) is 64.2 Å². The van der Waals surface area contributed by atoms with Crippen LogP contribution in [0.2, 0.25) is 0 Å². The number of halogens is 1. The Bertz CT molecular complexity index is 410. The van der Waals surface area contributed by atoms with Crippen LogP contribution in [0.15, 0.2) is 0 Å². The number of unbranched alkanes of at least 4 members (excludes halogenated alkanes) is 12. The van der Waals surface area contributed by atoms with Gasteiger partial charge < -0.3 is 31.5 Å². The third-order valence-electron chi connectivity index (χ3n) is 4.93. The Morgan fingerprint density at radius 1 is 0.793 bits per heavy atom. The Hall–Kier alpha value is -0.810. The van der Waals surface area contributed by atoms with Gasteiger partial charge in [0, 0.05) is 18.8 Å². The normalized spacial score (nSPS) is 12.3. The zero-order valence-corrected chi connectivity index (χ0v) is 20.1. The van der Waals surface area contributed by atoms with Gasteiger partial charge in [-0.15, -0.1) is 0 Å². The molecular formula is C23H45ClNO4-. The van der Waals surface area contributed by atoms with Gasteiger partial charge in [0.25, 0.3) is 0 Å². The van der Waals surface area contributed by atoms with E-state index in [2.05, 4.69) is 6.92 Å². The third kappa shape index (κ3) is 23.3. The number of ether oxygens (including phenoxy) is 1. The molecule has 0 aromatic heterocycles. The van der Waals surface area contributed by atoms with Gasteiger partial charge >= 0.3 is 5.97 Å². The number of carboxylic acid groups (broad SMARTS) is 1. The van der Waals surface area contributed by atoms with E-state index >= 15 is 0 Å². The number of carbonyl (C=O) groups is 2. The van der Waals surface area contributed by atoms with Crippen molar-refractivity contribution in [1.29, 1.82) is 0 Å². The summed E-state index contributed by atoms with van der Waals surface area (Å²) in [5.41, 5.74) is 0. The van der Waals surface area contributed by atoms with Crippen molar-refractivity contribution in [3.05, 3.63) is 0 Å². The van der Waals surface area contributed by atoms with Crippen LogP contribution in [0.25, 0.3) is 0 Å². The van der Waals surface area contributed by atoms with Crippen molar-refractivity contribution in [2.24, 2.45) is 0 Å². The second-order valence-electron chi connectivity index (χ2n) is 9.15. The van der Waals surface area contributed by atoms with E-state index in [-0.39, 0.29) is 24.8 Å². The summed E-state index contributed by atoms with van der Waals surface area (Å²) in [5, 5.41) is 10.9. The van der Waals surface area contributed by atoms with Gasteiger partial charge in [0.05, 0.1) is 21.1 Å². The van der Waals surface area contributed by atoms with E-state index < -0.39 is 12.1 Å². The molecule has 0 fully saturated rings. The number of esters is 1. The minimum absolute atomic E-state index is 0. The maximum absolute atomic E-state index is 12.0. The molecule has 0 aromatic rings. The van der Waals surface area contributed by atoms with Crippen LogP contribution < -0.4 is 17.5 Å². The molecule has 0 rings (SSSR count). The Balaban J connectivity index is 0. The quantitative estimate of drug-likeness (QED) is 0.174. The lowest BCUT2D eigenvalue weighted by molar-refractivity contribution is -0.873. The maximum Gasteiger partial charge on any atom is 0.306 e. The molecule has 1 unspecified atom stereocenters. The van der Waals surface area contributed by atoms with E-state index in [4.69, 9.17) is 4.74 Å². The van der Waals surface area contributed by atoms with Crippen molar-refractivity contribution in [2.45, 2.75) is 109 Å². The molecule has 174 valence electrons. The molecule has 0 N–H and O–H groups in total. The number of likely N-dealkylation sites (N-methyl/N-ethyl adjacent to an activating group) is 1. The highest BCUT2D eigenvalue weighted by Gasteiger charge is 2.22. The standard InChI is InChI=1S/C23H45NO4.ClH/c1-5-6-7-8-9-10-11-12-13-14-15-16-17-18-23(27)28-21(19-22(25)26)20-24(2,3)4;/h21H,5-20H2,1-4H3;1H/p-1. The first-order valence-electron chi connectivity index (χ1n) is 11.4. The van der Waals surface area contributed by atoms with E-state index in [1.807, 2.05) is 21.1 Å². The van der Waals surface area contributed by atoms with Gasteiger partial charge in [-0.05, 0) is 6.42 Å². The minimum Gasteiger partial charge on any atom is -1.00 e. The molecule has 0 aliphatic carbocycles. The number of rotatable bonds is 19. The number of hydrogen-bond acceptors (Lipinski definition) is 4. The second kappa shape index (κ2) is 19.2. The summed E-state index contributed by atoms with van der Waals surface area (Å²) in [6.07, 6.45) is 16.0. The summed E-state index contributed by atoms with van der Waals surface area (Å²) in [6, 6.07) is 0. The van der Waals surface area contributed by atoms with Crippen LogP contribution in [0.3, 0.4) is 0 Å². The van der Waals surface area contributed by atoms with Crippen LogP contribution in [0.1, 0.15) is 103 Å². The highest BCUT2D eigenvalue weighted by Crippen LogP contribution is 2.13. The fourth-order valence-corrected chi connectivity index (χ4v) is 3.47. The molecule has 0 spiro atoms. The highest BCUT2D eigenvalue weighted by molar-refractivity contribution is 5.70. The molecule has 0 heterocycles. The Morgan fingerprint density at radius 3 is 1.59 bits per heavy atom. The fraction of sp³-hybridized carbons (Fsp3) is 0.913. The lowest BCUT2D eigenvalue weighted by Gasteiger charge is -2.29. The van der Waals surface area contributed by atoms with Crippen LogP contribution >= 0.6 is 0 Å². The van der Waals surface area contributed by atoms with E-state index in [0.717, 1.165) is 19.3 Å². The molecule has 0 aromatic carbocycles. The minimum atomic E-state index is -1.17. The molecule has 0 aliphatic heterocycles. The predicted octanol–water partition coefficient (Wildman–Crippen LogP) is 1.23. The Labute approximate surface area is 185 Å². The van der Waals surface area contributed by atoms with Crippen LogP contribution in [-0.4, -0.2) is 50.2 Å². The van der Waals surface area contributed by atoms with Gasteiger partial charge in [-0.2, -0.15) is 0 Å². The number of nitrogens with zero attached hydrogens (tertiary/aromatic N) is 1. The molecular weight excluding hydrogens is 390 g/mol. The number of carboxylic acids is 1. The van der Waals surface area contributed by atoms with Crippen molar-refractivity contribution in [3.8, 4) is 0 Å². The smallest absolute Gasteiger partial charge is 0.306 e. The topological polar surface area (TPSA) is 66.4 Å². The summed E-state index contributed by atoms with van der Waals surface area (Å²) in [6.45, 7) is 2.72. The van der Waals surface area contributed by atoms with Gasteiger partial charge in [0.1, 0.15) is 6.54 Å². The molecule has 0 saturated carbocycles. The lowest BCUT2D eigenvalue weighted by Crippen LogP contribution is -3.00. The molecule has 0 saturated heterocycles. The number of aliphatic carboxylic acids is 1. The van der Waals surface area contributed by atoms with E-state index in [1.54, 1.807) is 0 Å². The van der Waals surface area contributed by atoms with Gasteiger partial charge in [-0.3, -0.25) is 4.79 Å². The first kappa shape index (κ1) is 30.4. The number of quaternary nitrogens is 1. The van der Waals surface area contributed by atoms with Gasteiger partial charge in [-0.1, -0.05) is 84.0 Å². The van der Waals surface area contributed by atoms with Crippen molar-refractivity contribution in [1.82, 2.24) is 0 Å². The summed E-state index contributed by atoms with van der Waals surface area (Å²) in [5.74, 6) is -1.46. The molecule has 0 bridgehead atoms. The SMILES string of the molecule is CCCCCCCCCCCCCCCC(=O)OC(CC(=O)[O-])C[N+](C)(C)C.[Cl-]. The second-order valence-corrected chi connectivity index (χ2v) is 9.15. The van der Waals surface area contributed by atoms with Crippen LogP contribution in [-0.2, 0) is 14.3 Å². The van der Waals surface area contributed by atoms with E-state index in [9.17, 15) is 14.7 Å². The van der Waals surface area contributed by atoms with Crippen molar-refractivity contribution in [2.75, 3.05) is 27.7 Å². The van der Waals surface area contributed by atoms with E-state index in [0.29, 0.717) is 17.4 Å². The Morgan fingerprint density at radius 2 is 1.21 bits per heavy atom. The summed E-state index contributed by atoms with van der Waals surface area (Å²) < 4.78 is 5.91. The average molecular weight is 435 g/mol. The molecule has 6 heteroatoms. The summed E-state index contributed by atoms with van der Waals surface area (Å²) >= 11 is 0. The predicted molar refractivity (Wildman–Crippen MR) is 113 cm³/mol. The van der Waals surface area contributed by atoms with Crippen molar-refractivity contribution < 1.29 is 36.3 Å². The van der Waals surface area contributed by atoms with Crippen molar-refractivity contribution in [3.63, 3.8) is 0 Å². The monoisotopic (exact) mass is 434 g/mol. The van der Waals surface area contributed by atoms with Gasteiger partial charge in [0.2, 0.25) is 0 Å². The summed E-state index contributed by atoms with van der Waals surface area (Å²) in [7, 11) is 5.84. The summed E-state index contributed by atoms with van der Waals surface area (Å²) in [4.78, 5) is 22.8. The molecule has 0 aliphatic rings. The molecule has 1 atom stereocenters. The zero-order chi connectivity index (χ0) is 21.3. The third-order valence-corrected chi connectivity index (χ3v) is 4.93.